The molecule has 6 nitrogen and oxygen atoms in total. The van der Waals surface area contributed by atoms with Crippen LogP contribution in [0.5, 0.6) is 0 Å². The van der Waals surface area contributed by atoms with Gasteiger partial charge >= 0.3 is 0 Å². The maximum atomic E-state index is 10.3. The SMILES string of the molecule is O=C=NCSCC1CSC(CSC(CN=C=O)N=C=O)CS1. The maximum absolute atomic E-state index is 10.3. The highest BCUT2D eigenvalue weighted by Crippen LogP contribution is 2.34. The molecule has 1 rings (SSSR count). The lowest BCUT2D eigenvalue weighted by Crippen LogP contribution is -2.25. The molecule has 0 N–H and O–H groups in total. The van der Waals surface area contributed by atoms with Gasteiger partial charge in [0.1, 0.15) is 5.37 Å². The molecule has 0 aromatic carbocycles. The van der Waals surface area contributed by atoms with Crippen molar-refractivity contribution in [2.75, 3.05) is 35.4 Å². The maximum Gasteiger partial charge on any atom is 0.236 e. The fourth-order valence-electron chi connectivity index (χ4n) is 1.55. The van der Waals surface area contributed by atoms with Gasteiger partial charge in [0.2, 0.25) is 18.2 Å². The molecule has 0 spiro atoms. The second-order valence-electron chi connectivity index (χ2n) is 4.10. The summed E-state index contributed by atoms with van der Waals surface area (Å²) in [6.45, 7) is 0.171. The predicted molar refractivity (Wildman–Crippen MR) is 95.3 cm³/mol. The summed E-state index contributed by atoms with van der Waals surface area (Å²) in [5, 5.41) is 0.717. The Morgan fingerprint density at radius 2 is 1.68 bits per heavy atom. The van der Waals surface area contributed by atoms with E-state index in [0.717, 1.165) is 23.0 Å². The Morgan fingerprint density at radius 1 is 1.00 bits per heavy atom. The molecule has 22 heavy (non-hydrogen) atoms. The zero-order chi connectivity index (χ0) is 16.0. The number of aliphatic imine (C=N–C) groups is 3. The highest BCUT2D eigenvalue weighted by atomic mass is 32.2. The molecule has 1 saturated heterocycles. The van der Waals surface area contributed by atoms with Crippen molar-refractivity contribution in [1.29, 1.82) is 0 Å². The Bertz CT molecular complexity index is 466. The van der Waals surface area contributed by atoms with Gasteiger partial charge < -0.3 is 0 Å². The van der Waals surface area contributed by atoms with Crippen molar-refractivity contribution in [2.24, 2.45) is 15.0 Å². The van der Waals surface area contributed by atoms with E-state index in [1.54, 1.807) is 11.8 Å². The van der Waals surface area contributed by atoms with Crippen molar-refractivity contribution in [3.8, 4) is 0 Å². The first kappa shape index (κ1) is 19.6. The number of isocyanates is 3. The fraction of sp³-hybridized carbons (Fsp3) is 0.750. The molecule has 1 aliphatic rings. The first-order valence-corrected chi connectivity index (χ1v) is 10.7. The van der Waals surface area contributed by atoms with Crippen LogP contribution in [0.25, 0.3) is 0 Å². The summed E-state index contributed by atoms with van der Waals surface area (Å²) in [6.07, 6.45) is 4.51. The lowest BCUT2D eigenvalue weighted by atomic mass is 10.5. The van der Waals surface area contributed by atoms with Gasteiger partial charge in [0, 0.05) is 33.5 Å². The van der Waals surface area contributed by atoms with Gasteiger partial charge in [-0.25, -0.2) is 19.4 Å². The van der Waals surface area contributed by atoms with Gasteiger partial charge in [0.25, 0.3) is 0 Å². The van der Waals surface area contributed by atoms with Crippen LogP contribution in [0.15, 0.2) is 15.0 Å². The summed E-state index contributed by atoms with van der Waals surface area (Å²) in [5.74, 6) is 4.41. The number of nitrogens with zero attached hydrogens (tertiary/aromatic N) is 3. The second kappa shape index (κ2) is 13.0. The number of thioether (sulfide) groups is 4. The largest absolute Gasteiger partial charge is 0.236 e. The van der Waals surface area contributed by atoms with Gasteiger partial charge in [-0.2, -0.15) is 33.5 Å². The predicted octanol–water partition coefficient (Wildman–Crippen LogP) is 1.96. The molecule has 0 aromatic heterocycles. The lowest BCUT2D eigenvalue weighted by Gasteiger charge is -2.27. The summed E-state index contributed by atoms with van der Waals surface area (Å²) in [7, 11) is 0. The van der Waals surface area contributed by atoms with Crippen LogP contribution in [0, 0.1) is 0 Å². The summed E-state index contributed by atoms with van der Waals surface area (Å²) in [6, 6.07) is 0. The molecule has 0 bridgehead atoms. The molecule has 1 aliphatic heterocycles. The molecule has 1 heterocycles. The summed E-state index contributed by atoms with van der Waals surface area (Å²) in [4.78, 5) is 41.0. The Morgan fingerprint density at radius 3 is 2.27 bits per heavy atom. The third-order valence-electron chi connectivity index (χ3n) is 2.54. The second-order valence-corrected chi connectivity index (χ2v) is 8.98. The van der Waals surface area contributed by atoms with E-state index < -0.39 is 0 Å². The van der Waals surface area contributed by atoms with Crippen LogP contribution >= 0.6 is 47.0 Å². The first-order valence-electron chi connectivity index (χ1n) is 6.37. The smallest absolute Gasteiger partial charge is 0.211 e. The van der Waals surface area contributed by atoms with Gasteiger partial charge in [-0.3, -0.25) is 0 Å². The fourth-order valence-corrected chi connectivity index (χ4v) is 7.08. The summed E-state index contributed by atoms with van der Waals surface area (Å²) >= 11 is 6.99. The van der Waals surface area contributed by atoms with Crippen LogP contribution < -0.4 is 0 Å². The minimum atomic E-state index is -0.348. The van der Waals surface area contributed by atoms with Crippen LogP contribution in [0.3, 0.4) is 0 Å². The minimum absolute atomic E-state index is 0.171. The molecule has 0 radical (unpaired) electrons. The minimum Gasteiger partial charge on any atom is -0.211 e. The molecule has 10 heteroatoms. The number of rotatable bonds is 10. The highest BCUT2D eigenvalue weighted by molar-refractivity contribution is 8.09. The third kappa shape index (κ3) is 8.86. The van der Waals surface area contributed by atoms with E-state index in [-0.39, 0.29) is 11.9 Å². The normalized spacial score (nSPS) is 21.8. The molecular weight excluding hydrogens is 362 g/mol. The zero-order valence-corrected chi connectivity index (χ0v) is 14.9. The molecule has 0 amide bonds. The van der Waals surface area contributed by atoms with Crippen molar-refractivity contribution >= 4 is 65.3 Å². The molecule has 0 aliphatic carbocycles. The van der Waals surface area contributed by atoms with E-state index in [1.165, 1.54) is 30.0 Å². The zero-order valence-electron chi connectivity index (χ0n) is 11.7. The van der Waals surface area contributed by atoms with Crippen molar-refractivity contribution in [3.05, 3.63) is 0 Å². The molecule has 0 aromatic rings. The van der Waals surface area contributed by atoms with Crippen LogP contribution in [0.2, 0.25) is 0 Å². The van der Waals surface area contributed by atoms with Gasteiger partial charge in [-0.05, 0) is 0 Å². The quantitative estimate of drug-likeness (QED) is 0.327. The number of carbonyl (C=O) groups excluding carboxylic acids is 3. The van der Waals surface area contributed by atoms with E-state index in [0.29, 0.717) is 16.4 Å². The van der Waals surface area contributed by atoms with E-state index >= 15 is 0 Å². The average Bonchev–Trinajstić information content (AvgIpc) is 2.55. The topological polar surface area (TPSA) is 88.3 Å². The van der Waals surface area contributed by atoms with Crippen LogP contribution in [0.4, 0.5) is 0 Å². The summed E-state index contributed by atoms with van der Waals surface area (Å²) in [5.41, 5.74) is 0. The van der Waals surface area contributed by atoms with E-state index in [4.69, 9.17) is 0 Å². The molecule has 120 valence electrons. The Kier molecular flexibility index (Phi) is 11.6. The van der Waals surface area contributed by atoms with Crippen molar-refractivity contribution < 1.29 is 14.4 Å². The van der Waals surface area contributed by atoms with Gasteiger partial charge in [-0.1, -0.05) is 0 Å². The number of hydrogen-bond donors (Lipinski definition) is 0. The van der Waals surface area contributed by atoms with E-state index in [1.807, 2.05) is 23.5 Å². The average molecular weight is 378 g/mol. The van der Waals surface area contributed by atoms with Crippen molar-refractivity contribution in [3.63, 3.8) is 0 Å². The Labute approximate surface area is 145 Å². The molecule has 0 saturated carbocycles. The lowest BCUT2D eigenvalue weighted by molar-refractivity contribution is 0.559. The Hall–Kier alpha value is -0.460. The van der Waals surface area contributed by atoms with Gasteiger partial charge in [-0.15, -0.1) is 23.5 Å². The van der Waals surface area contributed by atoms with Crippen molar-refractivity contribution in [2.45, 2.75) is 15.9 Å². The monoisotopic (exact) mass is 377 g/mol. The van der Waals surface area contributed by atoms with E-state index in [9.17, 15) is 14.4 Å². The van der Waals surface area contributed by atoms with Crippen molar-refractivity contribution in [1.82, 2.24) is 0 Å². The van der Waals surface area contributed by atoms with Gasteiger partial charge in [0.15, 0.2) is 0 Å². The molecule has 3 atom stereocenters. The standard InChI is InChI=1S/C12H15N3O3S4/c16-6-13-1-12(15-8-18)22-5-11-4-20-10(3-21-11)2-19-9-14-7-17/h10-12H,1-5,9H2. The molecular formula is C12H15N3O3S4. The summed E-state index contributed by atoms with van der Waals surface area (Å²) < 4.78 is 0. The van der Waals surface area contributed by atoms with Crippen LogP contribution in [-0.2, 0) is 14.4 Å². The van der Waals surface area contributed by atoms with Crippen LogP contribution in [0.1, 0.15) is 0 Å². The van der Waals surface area contributed by atoms with Gasteiger partial charge in [0.05, 0.1) is 12.4 Å². The van der Waals surface area contributed by atoms with Crippen LogP contribution in [-0.4, -0.2) is 69.5 Å². The molecule has 1 fully saturated rings. The third-order valence-corrected chi connectivity index (χ3v) is 8.37. The number of hydrogen-bond acceptors (Lipinski definition) is 10. The molecule has 3 unspecified atom stereocenters. The first-order chi connectivity index (χ1) is 10.8. The van der Waals surface area contributed by atoms with E-state index in [2.05, 4.69) is 15.0 Å². The highest BCUT2D eigenvalue weighted by Gasteiger charge is 2.23. The Balaban J connectivity index is 2.22.